The van der Waals surface area contributed by atoms with Crippen LogP contribution in [0.4, 0.5) is 15.9 Å². The Kier molecular flexibility index (Phi) is 3.30. The minimum atomic E-state index is -0.271. The van der Waals surface area contributed by atoms with E-state index < -0.39 is 0 Å². The Balaban J connectivity index is 1.83. The highest BCUT2D eigenvalue weighted by atomic mass is 32.1. The van der Waals surface area contributed by atoms with Gasteiger partial charge in [0.25, 0.3) is 0 Å². The number of anilines is 2. The Morgan fingerprint density at radius 3 is 3.00 bits per heavy atom. The van der Waals surface area contributed by atoms with Crippen LogP contribution in [0.25, 0.3) is 10.2 Å². The van der Waals surface area contributed by atoms with Crippen molar-refractivity contribution in [2.45, 2.75) is 26.2 Å². The molecule has 0 fully saturated rings. The van der Waals surface area contributed by atoms with Gasteiger partial charge in [0, 0.05) is 4.88 Å². The summed E-state index contributed by atoms with van der Waals surface area (Å²) in [5.74, 6) is 1.16. The highest BCUT2D eigenvalue weighted by Gasteiger charge is 2.23. The van der Waals surface area contributed by atoms with E-state index in [-0.39, 0.29) is 5.82 Å². The van der Waals surface area contributed by atoms with Gasteiger partial charge in [-0.05, 0) is 42.9 Å². The summed E-state index contributed by atoms with van der Waals surface area (Å²) < 4.78 is 13.9. The van der Waals surface area contributed by atoms with Crippen molar-refractivity contribution in [3.63, 3.8) is 0 Å². The lowest BCUT2D eigenvalue weighted by Crippen LogP contribution is -2.09. The van der Waals surface area contributed by atoms with Crippen molar-refractivity contribution in [2.75, 3.05) is 5.32 Å². The Labute approximate surface area is 132 Å². The average Bonchev–Trinajstić information content (AvgIpc) is 2.88. The molecule has 1 N–H and O–H groups in total. The van der Waals surface area contributed by atoms with E-state index in [9.17, 15) is 4.39 Å². The third kappa shape index (κ3) is 2.25. The summed E-state index contributed by atoms with van der Waals surface area (Å²) in [5, 5.41) is 4.21. The van der Waals surface area contributed by atoms with E-state index in [0.29, 0.717) is 11.5 Å². The van der Waals surface area contributed by atoms with Crippen LogP contribution in [0.3, 0.4) is 0 Å². The number of rotatable bonds is 2. The zero-order chi connectivity index (χ0) is 15.1. The molecule has 1 aromatic carbocycles. The van der Waals surface area contributed by atoms with Crippen LogP contribution in [0, 0.1) is 11.7 Å². The molecule has 0 radical (unpaired) electrons. The van der Waals surface area contributed by atoms with Crippen LogP contribution in [-0.4, -0.2) is 9.97 Å². The van der Waals surface area contributed by atoms with Crippen molar-refractivity contribution in [1.29, 1.82) is 0 Å². The molecule has 1 atom stereocenters. The highest BCUT2D eigenvalue weighted by Crippen LogP contribution is 2.40. The van der Waals surface area contributed by atoms with Gasteiger partial charge in [-0.15, -0.1) is 11.3 Å². The standard InChI is InChI=1S/C17H16FN3S/c1-10-6-7-11-14(8-10)22-17-15(11)16(19-9-20-17)21-13-5-3-2-4-12(13)18/h2-5,9-10H,6-8H2,1H3,(H,19,20,21). The third-order valence-corrected chi connectivity index (χ3v) is 5.38. The lowest BCUT2D eigenvalue weighted by molar-refractivity contribution is 0.509. The summed E-state index contributed by atoms with van der Waals surface area (Å²) in [6.07, 6.45) is 4.90. The number of para-hydroxylation sites is 1. The number of fused-ring (bicyclic) bond motifs is 3. The van der Waals surface area contributed by atoms with Gasteiger partial charge in [-0.25, -0.2) is 14.4 Å². The molecule has 1 aliphatic rings. The minimum absolute atomic E-state index is 0.271. The summed E-state index contributed by atoms with van der Waals surface area (Å²) in [4.78, 5) is 11.2. The van der Waals surface area contributed by atoms with Crippen molar-refractivity contribution in [2.24, 2.45) is 5.92 Å². The summed E-state index contributed by atoms with van der Waals surface area (Å²) in [6.45, 7) is 2.29. The monoisotopic (exact) mass is 313 g/mol. The number of aryl methyl sites for hydroxylation is 1. The second kappa shape index (κ2) is 5.32. The van der Waals surface area contributed by atoms with E-state index in [4.69, 9.17) is 0 Å². The van der Waals surface area contributed by atoms with Gasteiger partial charge in [0.15, 0.2) is 0 Å². The van der Waals surface area contributed by atoms with Gasteiger partial charge < -0.3 is 5.32 Å². The number of hydrogen-bond donors (Lipinski definition) is 1. The fourth-order valence-electron chi connectivity index (χ4n) is 3.06. The number of halogens is 1. The van der Waals surface area contributed by atoms with Crippen molar-refractivity contribution < 1.29 is 4.39 Å². The number of thiophene rings is 1. The molecule has 1 unspecified atom stereocenters. The van der Waals surface area contributed by atoms with Crippen LogP contribution >= 0.6 is 11.3 Å². The first-order valence-electron chi connectivity index (χ1n) is 7.49. The summed E-state index contributed by atoms with van der Waals surface area (Å²) in [5.41, 5.74) is 1.80. The SMILES string of the molecule is CC1CCc2c(sc3ncnc(Nc4ccccc4F)c23)C1. The molecule has 22 heavy (non-hydrogen) atoms. The Morgan fingerprint density at radius 2 is 2.14 bits per heavy atom. The number of hydrogen-bond acceptors (Lipinski definition) is 4. The predicted octanol–water partition coefficient (Wildman–Crippen LogP) is 4.70. The number of nitrogens with zero attached hydrogens (tertiary/aromatic N) is 2. The van der Waals surface area contributed by atoms with E-state index in [1.165, 1.54) is 22.9 Å². The molecular weight excluding hydrogens is 297 g/mol. The van der Waals surface area contributed by atoms with E-state index >= 15 is 0 Å². The first kappa shape index (κ1) is 13.6. The highest BCUT2D eigenvalue weighted by molar-refractivity contribution is 7.19. The smallest absolute Gasteiger partial charge is 0.146 e. The largest absolute Gasteiger partial charge is 0.337 e. The molecular formula is C17H16FN3S. The topological polar surface area (TPSA) is 37.8 Å². The first-order chi connectivity index (χ1) is 10.7. The molecule has 4 rings (SSSR count). The molecule has 0 saturated heterocycles. The van der Waals surface area contributed by atoms with Gasteiger partial charge >= 0.3 is 0 Å². The van der Waals surface area contributed by atoms with Gasteiger partial charge in [-0.3, -0.25) is 0 Å². The maximum atomic E-state index is 13.9. The zero-order valence-corrected chi connectivity index (χ0v) is 13.1. The van der Waals surface area contributed by atoms with Gasteiger partial charge in [0.2, 0.25) is 0 Å². The average molecular weight is 313 g/mol. The Morgan fingerprint density at radius 1 is 1.27 bits per heavy atom. The zero-order valence-electron chi connectivity index (χ0n) is 12.3. The van der Waals surface area contributed by atoms with Crippen LogP contribution in [0.15, 0.2) is 30.6 Å². The van der Waals surface area contributed by atoms with Gasteiger partial charge in [-0.1, -0.05) is 19.1 Å². The van der Waals surface area contributed by atoms with Crippen LogP contribution in [0.2, 0.25) is 0 Å². The lowest BCUT2D eigenvalue weighted by atomic mass is 9.89. The summed E-state index contributed by atoms with van der Waals surface area (Å²) >= 11 is 1.75. The molecule has 0 saturated carbocycles. The molecule has 5 heteroatoms. The van der Waals surface area contributed by atoms with Gasteiger partial charge in [0.05, 0.1) is 11.1 Å². The Bertz CT molecular complexity index is 843. The molecule has 0 bridgehead atoms. The molecule has 0 spiro atoms. The molecule has 2 heterocycles. The molecule has 3 nitrogen and oxygen atoms in total. The maximum Gasteiger partial charge on any atom is 0.146 e. The third-order valence-electron chi connectivity index (χ3n) is 4.22. The second-order valence-corrected chi connectivity index (χ2v) is 6.94. The fourth-order valence-corrected chi connectivity index (χ4v) is 4.41. The molecule has 0 amide bonds. The van der Waals surface area contributed by atoms with Crippen LogP contribution < -0.4 is 5.32 Å². The van der Waals surface area contributed by atoms with E-state index in [2.05, 4.69) is 22.2 Å². The molecule has 0 aliphatic heterocycles. The molecule has 2 aromatic heterocycles. The van der Waals surface area contributed by atoms with Crippen molar-refractivity contribution in [3.8, 4) is 0 Å². The second-order valence-electron chi connectivity index (χ2n) is 5.86. The normalized spacial score (nSPS) is 17.5. The van der Waals surface area contributed by atoms with Crippen molar-refractivity contribution in [3.05, 3.63) is 46.9 Å². The molecule has 3 aromatic rings. The van der Waals surface area contributed by atoms with Gasteiger partial charge in [-0.2, -0.15) is 0 Å². The number of benzene rings is 1. The summed E-state index contributed by atoms with van der Waals surface area (Å²) in [7, 11) is 0. The van der Waals surface area contributed by atoms with Crippen molar-refractivity contribution in [1.82, 2.24) is 9.97 Å². The van der Waals surface area contributed by atoms with E-state index in [0.717, 1.165) is 29.0 Å². The van der Waals surface area contributed by atoms with E-state index in [1.807, 2.05) is 6.07 Å². The quantitative estimate of drug-likeness (QED) is 0.745. The molecule has 1 aliphatic carbocycles. The van der Waals surface area contributed by atoms with E-state index in [1.54, 1.807) is 29.8 Å². The maximum absolute atomic E-state index is 13.9. The summed E-state index contributed by atoms with van der Waals surface area (Å²) in [6, 6.07) is 6.67. The van der Waals surface area contributed by atoms with Crippen LogP contribution in [-0.2, 0) is 12.8 Å². The van der Waals surface area contributed by atoms with Crippen LogP contribution in [0.1, 0.15) is 23.8 Å². The molecule has 112 valence electrons. The minimum Gasteiger partial charge on any atom is -0.337 e. The predicted molar refractivity (Wildman–Crippen MR) is 88.3 cm³/mol. The number of nitrogens with one attached hydrogen (secondary N) is 1. The van der Waals surface area contributed by atoms with Crippen LogP contribution in [0.5, 0.6) is 0 Å². The number of aromatic nitrogens is 2. The van der Waals surface area contributed by atoms with Gasteiger partial charge in [0.1, 0.15) is 22.8 Å². The lowest BCUT2D eigenvalue weighted by Gasteiger charge is -2.18. The fraction of sp³-hybridized carbons (Fsp3) is 0.294. The van der Waals surface area contributed by atoms with Crippen molar-refractivity contribution >= 4 is 33.1 Å². The Hall–Kier alpha value is -2.01. The first-order valence-corrected chi connectivity index (χ1v) is 8.31.